The van der Waals surface area contributed by atoms with E-state index in [1.54, 1.807) is 30.3 Å². The molecule has 0 aliphatic carbocycles. The number of amides is 2. The summed E-state index contributed by atoms with van der Waals surface area (Å²) in [4.78, 5) is 35.8. The predicted molar refractivity (Wildman–Crippen MR) is 79.9 cm³/mol. The number of hydrogen-bond acceptors (Lipinski definition) is 6. The van der Waals surface area contributed by atoms with Gasteiger partial charge in [-0.2, -0.15) is 0 Å². The van der Waals surface area contributed by atoms with E-state index in [4.69, 9.17) is 4.74 Å². The monoisotopic (exact) mass is 320 g/mol. The summed E-state index contributed by atoms with van der Waals surface area (Å²) in [7, 11) is 0. The molecule has 1 fully saturated rings. The molecule has 2 rings (SSSR count). The summed E-state index contributed by atoms with van der Waals surface area (Å²) in [5.74, 6) is -1.27. The number of benzene rings is 1. The number of carbonyl (C=O) groups is 3. The largest absolute Gasteiger partial charge is 0.546 e. The van der Waals surface area contributed by atoms with E-state index in [2.05, 4.69) is 0 Å². The second-order valence-corrected chi connectivity index (χ2v) is 5.56. The highest BCUT2D eigenvalue weighted by molar-refractivity contribution is 8.18. The number of carboxylic acid groups (broad SMARTS) is 1. The molecule has 22 heavy (non-hydrogen) atoms. The molecule has 0 unspecified atom stereocenters. The molecule has 1 heterocycles. The molecule has 0 bridgehead atoms. The third-order valence-electron chi connectivity index (χ3n) is 2.83. The molecule has 1 aliphatic heterocycles. The Kier molecular flexibility index (Phi) is 5.21. The molecule has 7 heteroatoms. The third-order valence-corrected chi connectivity index (χ3v) is 3.74. The van der Waals surface area contributed by atoms with Crippen LogP contribution in [0.15, 0.2) is 29.2 Å². The Morgan fingerprint density at radius 2 is 2.18 bits per heavy atom. The molecule has 1 aliphatic rings. The fourth-order valence-electron chi connectivity index (χ4n) is 1.90. The topological polar surface area (TPSA) is 86.7 Å². The maximum absolute atomic E-state index is 12.1. The van der Waals surface area contributed by atoms with E-state index in [0.717, 1.165) is 11.8 Å². The summed E-state index contributed by atoms with van der Waals surface area (Å²) < 4.78 is 5.02. The summed E-state index contributed by atoms with van der Waals surface area (Å²) in [5.41, 5.74) is 0.651. The van der Waals surface area contributed by atoms with E-state index < -0.39 is 12.6 Å². The number of rotatable bonds is 6. The van der Waals surface area contributed by atoms with Crippen LogP contribution < -0.4 is 9.84 Å². The lowest BCUT2D eigenvalue weighted by atomic mass is 10.2. The van der Waals surface area contributed by atoms with Crippen LogP contribution in [0.3, 0.4) is 0 Å². The first-order chi connectivity index (χ1) is 10.5. The van der Waals surface area contributed by atoms with Gasteiger partial charge in [-0.15, -0.1) is 0 Å². The SMILES string of the molecule is CCCN1C(=O)S/C(=C/c2cccc(OCC(=O)[O-])c2)C1=O. The maximum Gasteiger partial charge on any atom is 0.293 e. The van der Waals surface area contributed by atoms with Crippen LogP contribution in [0.25, 0.3) is 6.08 Å². The van der Waals surface area contributed by atoms with Crippen molar-refractivity contribution in [3.8, 4) is 5.75 Å². The lowest BCUT2D eigenvalue weighted by Crippen LogP contribution is -2.28. The average Bonchev–Trinajstić information content (AvgIpc) is 2.74. The van der Waals surface area contributed by atoms with E-state index in [9.17, 15) is 19.5 Å². The zero-order chi connectivity index (χ0) is 16.1. The standard InChI is InChI=1S/C15H15NO5S/c1-2-6-16-14(19)12(22-15(16)20)8-10-4-3-5-11(7-10)21-9-13(17)18/h3-5,7-8H,2,6,9H2,1H3,(H,17,18)/p-1/b12-8+. The Hall–Kier alpha value is -2.28. The first-order valence-electron chi connectivity index (χ1n) is 6.69. The van der Waals surface area contributed by atoms with Gasteiger partial charge in [0.15, 0.2) is 0 Å². The van der Waals surface area contributed by atoms with Gasteiger partial charge in [-0.3, -0.25) is 14.5 Å². The highest BCUT2D eigenvalue weighted by atomic mass is 32.2. The van der Waals surface area contributed by atoms with Crippen molar-refractivity contribution in [3.63, 3.8) is 0 Å². The predicted octanol–water partition coefficient (Wildman–Crippen LogP) is 1.26. The summed E-state index contributed by atoms with van der Waals surface area (Å²) in [6, 6.07) is 6.60. The van der Waals surface area contributed by atoms with Crippen molar-refractivity contribution in [1.29, 1.82) is 0 Å². The van der Waals surface area contributed by atoms with Gasteiger partial charge in [-0.05, 0) is 42.0 Å². The van der Waals surface area contributed by atoms with E-state index in [1.165, 1.54) is 4.90 Å². The number of aliphatic carboxylic acids is 1. The van der Waals surface area contributed by atoms with E-state index in [1.807, 2.05) is 6.92 Å². The molecule has 0 aromatic heterocycles. The van der Waals surface area contributed by atoms with Crippen LogP contribution >= 0.6 is 11.8 Å². The Bertz CT molecular complexity index is 641. The van der Waals surface area contributed by atoms with Crippen LogP contribution in [0.5, 0.6) is 5.75 Å². The molecule has 0 radical (unpaired) electrons. The van der Waals surface area contributed by atoms with Gasteiger partial charge in [0.05, 0.1) is 10.9 Å². The number of hydrogen-bond donors (Lipinski definition) is 0. The van der Waals surface area contributed by atoms with Gasteiger partial charge in [0.2, 0.25) is 0 Å². The van der Waals surface area contributed by atoms with Crippen molar-refractivity contribution in [1.82, 2.24) is 4.90 Å². The number of imide groups is 1. The van der Waals surface area contributed by atoms with Crippen molar-refractivity contribution in [2.24, 2.45) is 0 Å². The zero-order valence-corrected chi connectivity index (χ0v) is 12.7. The number of ether oxygens (including phenoxy) is 1. The van der Waals surface area contributed by atoms with Crippen LogP contribution in [0.2, 0.25) is 0 Å². The summed E-state index contributed by atoms with van der Waals surface area (Å²) in [6.45, 7) is 1.75. The summed E-state index contributed by atoms with van der Waals surface area (Å²) in [6.07, 6.45) is 2.30. The van der Waals surface area contributed by atoms with Crippen LogP contribution in [-0.4, -0.2) is 35.2 Å². The molecule has 2 amide bonds. The van der Waals surface area contributed by atoms with Gasteiger partial charge in [0.25, 0.3) is 11.1 Å². The minimum atomic E-state index is -1.31. The second-order valence-electron chi connectivity index (χ2n) is 4.57. The van der Waals surface area contributed by atoms with Crippen molar-refractivity contribution < 1.29 is 24.2 Å². The Labute approximate surface area is 131 Å². The van der Waals surface area contributed by atoms with Gasteiger partial charge in [-0.25, -0.2) is 0 Å². The second kappa shape index (κ2) is 7.13. The maximum atomic E-state index is 12.1. The molecule has 6 nitrogen and oxygen atoms in total. The first kappa shape index (κ1) is 16.1. The van der Waals surface area contributed by atoms with Crippen molar-refractivity contribution in [3.05, 3.63) is 34.7 Å². The normalized spacial score (nSPS) is 16.4. The van der Waals surface area contributed by atoms with Gasteiger partial charge < -0.3 is 14.6 Å². The lowest BCUT2D eigenvalue weighted by molar-refractivity contribution is -0.307. The van der Waals surface area contributed by atoms with Gasteiger partial charge in [-0.1, -0.05) is 19.1 Å². The van der Waals surface area contributed by atoms with Crippen LogP contribution in [-0.2, 0) is 9.59 Å². The molecule has 0 spiro atoms. The highest BCUT2D eigenvalue weighted by Crippen LogP contribution is 2.32. The fraction of sp³-hybridized carbons (Fsp3) is 0.267. The van der Waals surface area contributed by atoms with E-state index in [-0.39, 0.29) is 11.1 Å². The molecule has 1 aromatic rings. The van der Waals surface area contributed by atoms with E-state index >= 15 is 0 Å². The van der Waals surface area contributed by atoms with Crippen LogP contribution in [0, 0.1) is 0 Å². The minimum absolute atomic E-state index is 0.276. The quantitative estimate of drug-likeness (QED) is 0.733. The molecule has 0 N–H and O–H groups in total. The molecule has 116 valence electrons. The van der Waals surface area contributed by atoms with Gasteiger partial charge in [0.1, 0.15) is 12.4 Å². The molecule has 1 aromatic carbocycles. The number of carboxylic acids is 1. The van der Waals surface area contributed by atoms with Crippen molar-refractivity contribution >= 4 is 35.0 Å². The highest BCUT2D eigenvalue weighted by Gasteiger charge is 2.34. The Morgan fingerprint density at radius 1 is 1.41 bits per heavy atom. The van der Waals surface area contributed by atoms with Gasteiger partial charge in [0, 0.05) is 6.54 Å². The third kappa shape index (κ3) is 3.88. The lowest BCUT2D eigenvalue weighted by Gasteiger charge is -2.09. The first-order valence-corrected chi connectivity index (χ1v) is 7.51. The number of carbonyl (C=O) groups excluding carboxylic acids is 3. The Balaban J connectivity index is 2.16. The van der Waals surface area contributed by atoms with Crippen LogP contribution in [0.1, 0.15) is 18.9 Å². The average molecular weight is 320 g/mol. The summed E-state index contributed by atoms with van der Waals surface area (Å²) in [5, 5.41) is 10.1. The smallest absolute Gasteiger partial charge is 0.293 e. The molecule has 0 saturated carbocycles. The fourth-order valence-corrected chi connectivity index (χ4v) is 2.77. The molecule has 0 atom stereocenters. The Morgan fingerprint density at radius 3 is 2.86 bits per heavy atom. The van der Waals surface area contributed by atoms with Crippen molar-refractivity contribution in [2.45, 2.75) is 13.3 Å². The molecular formula is C15H14NO5S-. The number of nitrogens with zero attached hydrogens (tertiary/aromatic N) is 1. The minimum Gasteiger partial charge on any atom is -0.546 e. The molecular weight excluding hydrogens is 306 g/mol. The zero-order valence-electron chi connectivity index (χ0n) is 11.9. The number of thioether (sulfide) groups is 1. The molecule has 1 saturated heterocycles. The summed E-state index contributed by atoms with van der Waals surface area (Å²) >= 11 is 0.894. The van der Waals surface area contributed by atoms with Crippen molar-refractivity contribution in [2.75, 3.05) is 13.2 Å². The van der Waals surface area contributed by atoms with Crippen LogP contribution in [0.4, 0.5) is 4.79 Å². The van der Waals surface area contributed by atoms with Gasteiger partial charge >= 0.3 is 0 Å². The van der Waals surface area contributed by atoms with E-state index in [0.29, 0.717) is 29.2 Å².